The number of thiazole rings is 2. The van der Waals surface area contributed by atoms with E-state index in [1.54, 1.807) is 29.6 Å². The zero-order valence-corrected chi connectivity index (χ0v) is 16.9. The van der Waals surface area contributed by atoms with Crippen molar-refractivity contribution in [1.82, 2.24) is 15.3 Å². The van der Waals surface area contributed by atoms with E-state index in [-0.39, 0.29) is 11.9 Å². The first kappa shape index (κ1) is 18.7. The summed E-state index contributed by atoms with van der Waals surface area (Å²) in [4.78, 5) is 20.3. The fourth-order valence-electron chi connectivity index (χ4n) is 2.78. The molecule has 0 spiro atoms. The third kappa shape index (κ3) is 5.22. The van der Waals surface area contributed by atoms with Crippen LogP contribution in [0.1, 0.15) is 41.5 Å². The topological polar surface area (TPSA) is 54.9 Å². The summed E-state index contributed by atoms with van der Waals surface area (Å²) in [6.45, 7) is 5.62. The van der Waals surface area contributed by atoms with Crippen LogP contribution in [0.4, 0.5) is 0 Å². The summed E-state index contributed by atoms with van der Waals surface area (Å²) in [5.74, 6) is 0.0279. The quantitative estimate of drug-likeness (QED) is 0.645. The lowest BCUT2D eigenvalue weighted by Crippen LogP contribution is -2.30. The SMILES string of the molecule is CC(=O)N[C@@H](C)CCc1ccc(-c2csc(Cc3nc(C)cs3)n2)cc1. The first-order valence-electron chi connectivity index (χ1n) is 8.71. The first-order valence-corrected chi connectivity index (χ1v) is 10.5. The minimum Gasteiger partial charge on any atom is -0.354 e. The molecule has 26 heavy (non-hydrogen) atoms. The fourth-order valence-corrected chi connectivity index (χ4v) is 4.46. The van der Waals surface area contributed by atoms with Crippen LogP contribution in [0, 0.1) is 6.92 Å². The zero-order valence-electron chi connectivity index (χ0n) is 15.3. The van der Waals surface area contributed by atoms with Crippen LogP contribution in [-0.4, -0.2) is 21.9 Å². The van der Waals surface area contributed by atoms with Crippen LogP contribution in [-0.2, 0) is 17.6 Å². The normalized spacial score (nSPS) is 12.1. The van der Waals surface area contributed by atoms with Crippen molar-refractivity contribution in [2.45, 2.75) is 46.1 Å². The number of nitrogens with one attached hydrogen (secondary N) is 1. The number of amides is 1. The molecule has 0 unspecified atom stereocenters. The molecule has 1 atom stereocenters. The van der Waals surface area contributed by atoms with Gasteiger partial charge in [0.1, 0.15) is 5.01 Å². The monoisotopic (exact) mass is 385 g/mol. The van der Waals surface area contributed by atoms with Gasteiger partial charge in [0.05, 0.1) is 17.1 Å². The summed E-state index contributed by atoms with van der Waals surface area (Å²) in [6.07, 6.45) is 2.70. The van der Waals surface area contributed by atoms with Gasteiger partial charge in [0.2, 0.25) is 5.91 Å². The van der Waals surface area contributed by atoms with Crippen molar-refractivity contribution in [3.63, 3.8) is 0 Å². The number of nitrogens with zero attached hydrogens (tertiary/aromatic N) is 2. The zero-order chi connectivity index (χ0) is 18.5. The van der Waals surface area contributed by atoms with Crippen molar-refractivity contribution >= 4 is 28.6 Å². The molecule has 2 heterocycles. The van der Waals surface area contributed by atoms with Crippen molar-refractivity contribution in [3.8, 4) is 11.3 Å². The van der Waals surface area contributed by atoms with Gasteiger partial charge < -0.3 is 5.32 Å². The van der Waals surface area contributed by atoms with Gasteiger partial charge in [-0.15, -0.1) is 22.7 Å². The Balaban J connectivity index is 1.59. The molecule has 0 aliphatic rings. The Morgan fingerprint density at radius 2 is 1.81 bits per heavy atom. The third-order valence-electron chi connectivity index (χ3n) is 4.09. The number of carbonyl (C=O) groups excluding carboxylic acids is 1. The smallest absolute Gasteiger partial charge is 0.217 e. The van der Waals surface area contributed by atoms with E-state index in [4.69, 9.17) is 4.98 Å². The van der Waals surface area contributed by atoms with Gasteiger partial charge in [-0.3, -0.25) is 4.79 Å². The minimum atomic E-state index is 0.0279. The maximum absolute atomic E-state index is 11.1. The lowest BCUT2D eigenvalue weighted by Gasteiger charge is -2.12. The minimum absolute atomic E-state index is 0.0279. The number of hydrogen-bond acceptors (Lipinski definition) is 5. The van der Waals surface area contributed by atoms with Gasteiger partial charge in [-0.25, -0.2) is 9.97 Å². The van der Waals surface area contributed by atoms with E-state index in [1.807, 2.05) is 13.8 Å². The molecule has 2 aromatic heterocycles. The lowest BCUT2D eigenvalue weighted by molar-refractivity contribution is -0.119. The highest BCUT2D eigenvalue weighted by Gasteiger charge is 2.08. The molecule has 0 fully saturated rings. The number of benzene rings is 1. The molecular weight excluding hydrogens is 362 g/mol. The van der Waals surface area contributed by atoms with Crippen molar-refractivity contribution in [1.29, 1.82) is 0 Å². The Morgan fingerprint density at radius 1 is 1.12 bits per heavy atom. The van der Waals surface area contributed by atoms with Gasteiger partial charge >= 0.3 is 0 Å². The van der Waals surface area contributed by atoms with Crippen LogP contribution in [0.2, 0.25) is 0 Å². The van der Waals surface area contributed by atoms with Crippen LogP contribution in [0.15, 0.2) is 35.0 Å². The Labute approximate surface area is 162 Å². The van der Waals surface area contributed by atoms with Crippen LogP contribution in [0.25, 0.3) is 11.3 Å². The molecule has 0 radical (unpaired) electrons. The van der Waals surface area contributed by atoms with Crippen LogP contribution < -0.4 is 5.32 Å². The molecule has 1 aromatic carbocycles. The highest BCUT2D eigenvalue weighted by Crippen LogP contribution is 2.25. The molecule has 136 valence electrons. The highest BCUT2D eigenvalue weighted by molar-refractivity contribution is 7.11. The maximum Gasteiger partial charge on any atom is 0.217 e. The summed E-state index contributed by atoms with van der Waals surface area (Å²) in [6, 6.07) is 8.76. The van der Waals surface area contributed by atoms with E-state index in [0.717, 1.165) is 46.2 Å². The van der Waals surface area contributed by atoms with Gasteiger partial charge in [0, 0.05) is 35.0 Å². The predicted molar refractivity (Wildman–Crippen MR) is 109 cm³/mol. The van der Waals surface area contributed by atoms with E-state index in [1.165, 1.54) is 5.56 Å². The van der Waals surface area contributed by atoms with Crippen LogP contribution >= 0.6 is 22.7 Å². The number of hydrogen-bond donors (Lipinski definition) is 1. The predicted octanol–water partition coefficient (Wildman–Crippen LogP) is 4.62. The molecule has 0 bridgehead atoms. The summed E-state index contributed by atoms with van der Waals surface area (Å²) in [5, 5.41) is 9.33. The average molecular weight is 386 g/mol. The third-order valence-corrected chi connectivity index (χ3v) is 5.90. The van der Waals surface area contributed by atoms with Crippen molar-refractivity contribution < 1.29 is 4.79 Å². The second kappa shape index (κ2) is 8.56. The van der Waals surface area contributed by atoms with E-state index in [9.17, 15) is 4.79 Å². The Kier molecular flexibility index (Phi) is 6.16. The second-order valence-electron chi connectivity index (χ2n) is 6.52. The fraction of sp³-hybridized carbons (Fsp3) is 0.350. The maximum atomic E-state index is 11.1. The Morgan fingerprint density at radius 3 is 2.46 bits per heavy atom. The summed E-state index contributed by atoms with van der Waals surface area (Å²) in [7, 11) is 0. The van der Waals surface area contributed by atoms with E-state index < -0.39 is 0 Å². The van der Waals surface area contributed by atoms with Gasteiger partial charge in [0.25, 0.3) is 0 Å². The summed E-state index contributed by atoms with van der Waals surface area (Å²) in [5.41, 5.74) is 4.52. The van der Waals surface area contributed by atoms with E-state index in [0.29, 0.717) is 0 Å². The van der Waals surface area contributed by atoms with Crippen molar-refractivity contribution in [2.24, 2.45) is 0 Å². The van der Waals surface area contributed by atoms with Crippen molar-refractivity contribution in [3.05, 3.63) is 56.3 Å². The van der Waals surface area contributed by atoms with Crippen LogP contribution in [0.5, 0.6) is 0 Å². The van der Waals surface area contributed by atoms with Gasteiger partial charge in [-0.2, -0.15) is 0 Å². The molecule has 1 amide bonds. The molecule has 0 saturated heterocycles. The lowest BCUT2D eigenvalue weighted by atomic mass is 10.0. The van der Waals surface area contributed by atoms with Gasteiger partial charge in [-0.1, -0.05) is 24.3 Å². The Bertz CT molecular complexity index is 867. The highest BCUT2D eigenvalue weighted by atomic mass is 32.1. The standard InChI is InChI=1S/C20H23N3OS2/c1-13(21-15(3)24)4-5-16-6-8-17(9-7-16)18-12-26-20(23-18)10-19-22-14(2)11-25-19/h6-9,11-13H,4-5,10H2,1-3H3,(H,21,24)/t13-/m0/s1. The number of rotatable bonds is 7. The Hall–Kier alpha value is -2.05. The second-order valence-corrected chi connectivity index (χ2v) is 8.41. The molecule has 3 aromatic rings. The first-order chi connectivity index (χ1) is 12.5. The molecule has 0 saturated carbocycles. The number of carbonyl (C=O) groups is 1. The molecule has 0 aliphatic carbocycles. The molecular formula is C20H23N3OS2. The average Bonchev–Trinajstić information content (AvgIpc) is 3.22. The van der Waals surface area contributed by atoms with Crippen LogP contribution in [0.3, 0.4) is 0 Å². The van der Waals surface area contributed by atoms with E-state index >= 15 is 0 Å². The summed E-state index contributed by atoms with van der Waals surface area (Å²) < 4.78 is 0. The summed E-state index contributed by atoms with van der Waals surface area (Å²) >= 11 is 3.38. The molecule has 0 aliphatic heterocycles. The number of aromatic nitrogens is 2. The molecule has 1 N–H and O–H groups in total. The van der Waals surface area contributed by atoms with E-state index in [2.05, 4.69) is 45.3 Å². The molecule has 6 heteroatoms. The van der Waals surface area contributed by atoms with Gasteiger partial charge in [0.15, 0.2) is 0 Å². The molecule has 3 rings (SSSR count). The largest absolute Gasteiger partial charge is 0.354 e. The van der Waals surface area contributed by atoms with Crippen molar-refractivity contribution in [2.75, 3.05) is 0 Å². The number of aryl methyl sites for hydroxylation is 2. The van der Waals surface area contributed by atoms with Gasteiger partial charge in [-0.05, 0) is 32.3 Å². The molecule has 4 nitrogen and oxygen atoms in total.